The van der Waals surface area contributed by atoms with Crippen LogP contribution in [0.2, 0.25) is 0 Å². The second-order valence-corrected chi connectivity index (χ2v) is 3.29. The number of hydrogen-bond donors (Lipinski definition) is 0. The minimum absolute atomic E-state index is 0.241. The molecule has 0 N–H and O–H groups in total. The standard InChI is InChI=1S/C10H19O3/c1-5-7-11-8-9-12-13-10(3,4)6-2/h5,9H,1,6-8H2,2-4H3. The second-order valence-electron chi connectivity index (χ2n) is 3.29. The lowest BCUT2D eigenvalue weighted by Crippen LogP contribution is -2.23. The van der Waals surface area contributed by atoms with E-state index in [0.29, 0.717) is 13.2 Å². The van der Waals surface area contributed by atoms with Crippen LogP contribution in [-0.2, 0) is 14.5 Å². The van der Waals surface area contributed by atoms with Crippen LogP contribution in [0.25, 0.3) is 0 Å². The molecule has 0 heterocycles. The molecule has 0 saturated carbocycles. The monoisotopic (exact) mass is 187 g/mol. The van der Waals surface area contributed by atoms with Gasteiger partial charge in [-0.05, 0) is 20.3 Å². The van der Waals surface area contributed by atoms with Gasteiger partial charge in [0.1, 0.15) is 6.61 Å². The van der Waals surface area contributed by atoms with Crippen molar-refractivity contribution in [2.24, 2.45) is 0 Å². The molecule has 0 aliphatic heterocycles. The summed E-state index contributed by atoms with van der Waals surface area (Å²) in [6.07, 6.45) is 2.58. The van der Waals surface area contributed by atoms with Crippen LogP contribution in [-0.4, -0.2) is 18.8 Å². The van der Waals surface area contributed by atoms with Gasteiger partial charge in [0, 0.05) is 0 Å². The first-order valence-electron chi connectivity index (χ1n) is 4.47. The predicted octanol–water partition coefficient (Wildman–Crippen LogP) is 2.49. The zero-order valence-electron chi connectivity index (χ0n) is 8.71. The van der Waals surface area contributed by atoms with Crippen molar-refractivity contribution in [3.63, 3.8) is 0 Å². The van der Waals surface area contributed by atoms with Crippen LogP contribution in [0.4, 0.5) is 0 Å². The van der Waals surface area contributed by atoms with E-state index >= 15 is 0 Å². The van der Waals surface area contributed by atoms with Crippen LogP contribution in [0, 0.1) is 6.61 Å². The molecule has 0 amide bonds. The summed E-state index contributed by atoms with van der Waals surface area (Å²) in [6.45, 7) is 11.9. The highest BCUT2D eigenvalue weighted by atomic mass is 17.2. The van der Waals surface area contributed by atoms with Gasteiger partial charge in [-0.1, -0.05) is 13.0 Å². The Morgan fingerprint density at radius 2 is 2.00 bits per heavy atom. The Bertz CT molecular complexity index is 132. The third-order valence-corrected chi connectivity index (χ3v) is 1.61. The van der Waals surface area contributed by atoms with Gasteiger partial charge >= 0.3 is 0 Å². The van der Waals surface area contributed by atoms with Gasteiger partial charge in [-0.3, -0.25) is 0 Å². The average molecular weight is 187 g/mol. The summed E-state index contributed by atoms with van der Waals surface area (Å²) in [6, 6.07) is 0. The van der Waals surface area contributed by atoms with E-state index in [2.05, 4.69) is 6.58 Å². The molecule has 3 nitrogen and oxygen atoms in total. The molecule has 0 fully saturated rings. The molecule has 0 bridgehead atoms. The van der Waals surface area contributed by atoms with E-state index in [1.807, 2.05) is 20.8 Å². The maximum atomic E-state index is 5.10. The number of rotatable bonds is 8. The largest absolute Gasteiger partial charge is 0.374 e. The van der Waals surface area contributed by atoms with E-state index in [9.17, 15) is 0 Å². The zero-order valence-corrected chi connectivity index (χ0v) is 8.71. The molecule has 0 atom stereocenters. The van der Waals surface area contributed by atoms with Crippen molar-refractivity contribution in [1.82, 2.24) is 0 Å². The Morgan fingerprint density at radius 1 is 1.31 bits per heavy atom. The summed E-state index contributed by atoms with van der Waals surface area (Å²) in [5, 5.41) is 0. The quantitative estimate of drug-likeness (QED) is 0.253. The zero-order chi connectivity index (χ0) is 10.2. The molecule has 0 aliphatic rings. The second kappa shape index (κ2) is 7.06. The molecule has 0 rings (SSSR count). The van der Waals surface area contributed by atoms with Crippen molar-refractivity contribution >= 4 is 0 Å². The van der Waals surface area contributed by atoms with Crippen LogP contribution in [0.15, 0.2) is 12.7 Å². The maximum absolute atomic E-state index is 5.10. The van der Waals surface area contributed by atoms with Crippen LogP contribution < -0.4 is 0 Å². The van der Waals surface area contributed by atoms with Crippen molar-refractivity contribution in [3.05, 3.63) is 19.3 Å². The van der Waals surface area contributed by atoms with Gasteiger partial charge in [-0.2, -0.15) is 0 Å². The van der Waals surface area contributed by atoms with E-state index in [4.69, 9.17) is 14.5 Å². The van der Waals surface area contributed by atoms with E-state index in [0.717, 1.165) is 6.42 Å². The van der Waals surface area contributed by atoms with Gasteiger partial charge in [0.25, 0.3) is 0 Å². The molecular weight excluding hydrogens is 168 g/mol. The molecule has 1 radical (unpaired) electrons. The summed E-state index contributed by atoms with van der Waals surface area (Å²) in [4.78, 5) is 9.95. The minimum Gasteiger partial charge on any atom is -0.374 e. The molecule has 0 aromatic carbocycles. The molecule has 0 spiro atoms. The van der Waals surface area contributed by atoms with Gasteiger partial charge in [0.2, 0.25) is 0 Å². The van der Waals surface area contributed by atoms with Crippen molar-refractivity contribution in [2.45, 2.75) is 32.8 Å². The number of hydrogen-bond acceptors (Lipinski definition) is 3. The molecule has 0 saturated heterocycles. The summed E-state index contributed by atoms with van der Waals surface area (Å²) in [7, 11) is 0. The molecule has 3 heteroatoms. The molecule has 0 aromatic heterocycles. The number of ether oxygens (including phenoxy) is 1. The molecule has 0 aromatic rings. The summed E-state index contributed by atoms with van der Waals surface area (Å²) in [5.74, 6) is 0. The van der Waals surface area contributed by atoms with E-state index < -0.39 is 0 Å². The first-order chi connectivity index (χ1) is 6.12. The van der Waals surface area contributed by atoms with Crippen LogP contribution in [0.1, 0.15) is 27.2 Å². The van der Waals surface area contributed by atoms with Crippen molar-refractivity contribution in [1.29, 1.82) is 0 Å². The Balaban J connectivity index is 3.20. The fourth-order valence-corrected chi connectivity index (χ4v) is 0.450. The summed E-state index contributed by atoms with van der Waals surface area (Å²) in [5.41, 5.74) is -0.241. The van der Waals surface area contributed by atoms with Crippen molar-refractivity contribution < 1.29 is 14.5 Å². The molecule has 0 unspecified atom stereocenters. The van der Waals surface area contributed by atoms with Gasteiger partial charge in [-0.15, -0.1) is 6.58 Å². The van der Waals surface area contributed by atoms with Crippen LogP contribution in [0.3, 0.4) is 0 Å². The molecule has 77 valence electrons. The van der Waals surface area contributed by atoms with Crippen LogP contribution in [0.5, 0.6) is 0 Å². The SMILES string of the molecule is C=CCOC[CH]OOC(C)(C)CC. The first-order valence-corrected chi connectivity index (χ1v) is 4.47. The highest BCUT2D eigenvalue weighted by molar-refractivity contribution is 4.65. The smallest absolute Gasteiger partial charge is 0.148 e. The van der Waals surface area contributed by atoms with E-state index in [1.165, 1.54) is 6.61 Å². The topological polar surface area (TPSA) is 27.7 Å². The van der Waals surface area contributed by atoms with Crippen LogP contribution >= 0.6 is 0 Å². The lowest BCUT2D eigenvalue weighted by atomic mass is 10.1. The predicted molar refractivity (Wildman–Crippen MR) is 51.9 cm³/mol. The highest BCUT2D eigenvalue weighted by Gasteiger charge is 2.16. The fourth-order valence-electron chi connectivity index (χ4n) is 0.450. The summed E-state index contributed by atoms with van der Waals surface area (Å²) < 4.78 is 5.05. The Labute approximate surface area is 80.6 Å². The highest BCUT2D eigenvalue weighted by Crippen LogP contribution is 2.13. The minimum atomic E-state index is -0.241. The third-order valence-electron chi connectivity index (χ3n) is 1.61. The normalized spacial score (nSPS) is 11.6. The lowest BCUT2D eigenvalue weighted by molar-refractivity contribution is -0.334. The average Bonchev–Trinajstić information content (AvgIpc) is 2.11. The molecule has 13 heavy (non-hydrogen) atoms. The Morgan fingerprint density at radius 3 is 2.54 bits per heavy atom. The van der Waals surface area contributed by atoms with Gasteiger partial charge in [0.05, 0.1) is 18.8 Å². The van der Waals surface area contributed by atoms with Gasteiger partial charge in [-0.25, -0.2) is 9.78 Å². The van der Waals surface area contributed by atoms with E-state index in [-0.39, 0.29) is 5.60 Å². The van der Waals surface area contributed by atoms with Gasteiger partial charge in [0.15, 0.2) is 0 Å². The Hall–Kier alpha value is -0.380. The lowest BCUT2D eigenvalue weighted by Gasteiger charge is -2.20. The van der Waals surface area contributed by atoms with Crippen molar-refractivity contribution in [2.75, 3.05) is 13.2 Å². The summed E-state index contributed by atoms with van der Waals surface area (Å²) >= 11 is 0. The maximum Gasteiger partial charge on any atom is 0.148 e. The molecular formula is C10H19O3. The first kappa shape index (κ1) is 12.6. The van der Waals surface area contributed by atoms with Crippen molar-refractivity contribution in [3.8, 4) is 0 Å². The fraction of sp³-hybridized carbons (Fsp3) is 0.700. The Kier molecular flexibility index (Phi) is 6.86. The van der Waals surface area contributed by atoms with Gasteiger partial charge < -0.3 is 4.74 Å². The van der Waals surface area contributed by atoms with E-state index in [1.54, 1.807) is 6.08 Å². The third kappa shape index (κ3) is 7.96. The molecule has 0 aliphatic carbocycles.